The Bertz CT molecular complexity index is 653. The van der Waals surface area contributed by atoms with Crippen molar-refractivity contribution in [2.24, 2.45) is 0 Å². The third kappa shape index (κ3) is 3.59. The molecule has 3 nitrogen and oxygen atoms in total. The minimum atomic E-state index is 0.0458. The molecule has 0 amide bonds. The van der Waals surface area contributed by atoms with Gasteiger partial charge in [-0.3, -0.25) is 0 Å². The number of rotatable bonds is 3. The Morgan fingerprint density at radius 2 is 2.15 bits per heavy atom. The molecule has 0 saturated heterocycles. The average Bonchev–Trinajstić information content (AvgIpc) is 2.86. The lowest BCUT2D eigenvalue weighted by molar-refractivity contribution is 0.304. The van der Waals surface area contributed by atoms with Gasteiger partial charge in [0.05, 0.1) is 11.3 Å². The number of benzene rings is 1. The number of nitrogens with zero attached hydrogens (tertiary/aromatic N) is 2. The number of halogens is 1. The molecular formula is C15H15BrN2OS. The lowest BCUT2D eigenvalue weighted by Crippen LogP contribution is -2.11. The number of ether oxygens (including phenoxy) is 1. The lowest BCUT2D eigenvalue weighted by atomic mass is 9.93. The van der Waals surface area contributed by atoms with Crippen molar-refractivity contribution in [2.75, 3.05) is 0 Å². The summed E-state index contributed by atoms with van der Waals surface area (Å²) >= 11 is 4.93. The minimum Gasteiger partial charge on any atom is -0.485 e. The number of hydrogen-bond donors (Lipinski definition) is 0. The molecule has 0 radical (unpaired) electrons. The molecule has 0 bridgehead atoms. The Balaban J connectivity index is 2.10. The van der Waals surface area contributed by atoms with Crippen molar-refractivity contribution in [1.82, 2.24) is 4.98 Å². The highest BCUT2D eigenvalue weighted by molar-refractivity contribution is 9.10. The van der Waals surface area contributed by atoms with E-state index in [4.69, 9.17) is 10.00 Å². The maximum Gasteiger partial charge on any atom is 0.140 e. The van der Waals surface area contributed by atoms with Crippen LogP contribution in [0.1, 0.15) is 37.0 Å². The number of aromatic nitrogens is 1. The van der Waals surface area contributed by atoms with Crippen LogP contribution in [-0.2, 0) is 12.0 Å². The molecule has 2 aromatic rings. The van der Waals surface area contributed by atoms with Gasteiger partial charge in [-0.2, -0.15) is 5.26 Å². The average molecular weight is 351 g/mol. The first-order chi connectivity index (χ1) is 9.40. The number of nitriles is 1. The van der Waals surface area contributed by atoms with Gasteiger partial charge in [-0.1, -0.05) is 36.7 Å². The summed E-state index contributed by atoms with van der Waals surface area (Å²) in [6.45, 7) is 6.79. The second kappa shape index (κ2) is 5.94. The maximum atomic E-state index is 9.09. The highest BCUT2D eigenvalue weighted by atomic mass is 79.9. The van der Waals surface area contributed by atoms with Crippen LogP contribution in [0.2, 0.25) is 0 Å². The molecule has 0 saturated carbocycles. The van der Waals surface area contributed by atoms with Crippen LogP contribution in [0.25, 0.3) is 0 Å². The molecule has 0 unspecified atom stereocenters. The van der Waals surface area contributed by atoms with E-state index in [-0.39, 0.29) is 5.41 Å². The summed E-state index contributed by atoms with van der Waals surface area (Å²) in [5.41, 5.74) is 1.63. The molecule has 104 valence electrons. The third-order valence-corrected chi connectivity index (χ3v) is 4.05. The van der Waals surface area contributed by atoms with Crippen LogP contribution >= 0.6 is 27.3 Å². The molecule has 0 aliphatic rings. The van der Waals surface area contributed by atoms with Gasteiger partial charge in [0.15, 0.2) is 0 Å². The first-order valence-electron chi connectivity index (χ1n) is 6.17. The minimum absolute atomic E-state index is 0.0458. The van der Waals surface area contributed by atoms with Crippen molar-refractivity contribution >= 4 is 27.3 Å². The Hall–Kier alpha value is -1.38. The third-order valence-electron chi connectivity index (χ3n) is 2.73. The Morgan fingerprint density at radius 3 is 2.75 bits per heavy atom. The van der Waals surface area contributed by atoms with E-state index in [1.807, 2.05) is 6.07 Å². The van der Waals surface area contributed by atoms with Gasteiger partial charge in [0.2, 0.25) is 0 Å². The Morgan fingerprint density at radius 1 is 1.40 bits per heavy atom. The first kappa shape index (κ1) is 15.0. The van der Waals surface area contributed by atoms with Crippen LogP contribution in [0.4, 0.5) is 0 Å². The fourth-order valence-corrected chi connectivity index (χ4v) is 2.87. The second-order valence-corrected chi connectivity index (χ2v) is 7.28. The molecule has 5 heteroatoms. The molecule has 1 heterocycles. The van der Waals surface area contributed by atoms with E-state index in [1.54, 1.807) is 23.5 Å². The largest absolute Gasteiger partial charge is 0.485 e. The van der Waals surface area contributed by atoms with Crippen LogP contribution in [-0.4, -0.2) is 4.98 Å². The molecule has 1 aromatic carbocycles. The summed E-state index contributed by atoms with van der Waals surface area (Å²) in [5.74, 6) is 0.586. The maximum absolute atomic E-state index is 9.09. The Labute approximate surface area is 131 Å². The van der Waals surface area contributed by atoms with Gasteiger partial charge >= 0.3 is 0 Å². The number of thiazole rings is 1. The van der Waals surface area contributed by atoms with Crippen LogP contribution in [0, 0.1) is 11.3 Å². The normalized spacial score (nSPS) is 11.2. The molecule has 0 N–H and O–H groups in total. The van der Waals surface area contributed by atoms with Gasteiger partial charge in [0.25, 0.3) is 0 Å². The van der Waals surface area contributed by atoms with Crippen molar-refractivity contribution in [2.45, 2.75) is 32.8 Å². The predicted octanol–water partition coefficient (Wildman–Crippen LogP) is 4.65. The van der Waals surface area contributed by atoms with Gasteiger partial charge in [0.1, 0.15) is 23.4 Å². The van der Waals surface area contributed by atoms with E-state index < -0.39 is 0 Å². The molecule has 0 aliphatic carbocycles. The van der Waals surface area contributed by atoms with Gasteiger partial charge in [-0.05, 0) is 18.2 Å². The second-order valence-electron chi connectivity index (χ2n) is 5.42. The van der Waals surface area contributed by atoms with Crippen LogP contribution < -0.4 is 4.74 Å². The number of hydrogen-bond acceptors (Lipinski definition) is 4. The summed E-state index contributed by atoms with van der Waals surface area (Å²) in [4.78, 5) is 4.57. The summed E-state index contributed by atoms with van der Waals surface area (Å²) < 4.78 is 6.57. The van der Waals surface area contributed by atoms with Gasteiger partial charge in [0, 0.05) is 15.3 Å². The fraction of sp³-hybridized carbons (Fsp3) is 0.333. The van der Waals surface area contributed by atoms with Gasteiger partial charge in [-0.25, -0.2) is 4.98 Å². The van der Waals surface area contributed by atoms with Crippen molar-refractivity contribution in [3.8, 4) is 11.8 Å². The summed E-state index contributed by atoms with van der Waals surface area (Å²) in [6.07, 6.45) is 0. The van der Waals surface area contributed by atoms with E-state index in [2.05, 4.69) is 53.1 Å². The van der Waals surface area contributed by atoms with Crippen LogP contribution in [0.5, 0.6) is 5.75 Å². The summed E-state index contributed by atoms with van der Waals surface area (Å²) in [6, 6.07) is 7.53. The zero-order valence-corrected chi connectivity index (χ0v) is 14.0. The first-order valence-corrected chi connectivity index (χ1v) is 7.85. The highest BCUT2D eigenvalue weighted by Crippen LogP contribution is 2.26. The van der Waals surface area contributed by atoms with Crippen LogP contribution in [0.15, 0.2) is 28.1 Å². The van der Waals surface area contributed by atoms with E-state index in [0.29, 0.717) is 17.9 Å². The smallest absolute Gasteiger partial charge is 0.140 e. The Kier molecular flexibility index (Phi) is 4.46. The van der Waals surface area contributed by atoms with Gasteiger partial charge < -0.3 is 4.74 Å². The van der Waals surface area contributed by atoms with Gasteiger partial charge in [-0.15, -0.1) is 11.3 Å². The van der Waals surface area contributed by atoms with E-state index in [0.717, 1.165) is 15.2 Å². The molecule has 20 heavy (non-hydrogen) atoms. The molecule has 0 spiro atoms. The fourth-order valence-electron chi connectivity index (χ4n) is 1.58. The van der Waals surface area contributed by atoms with E-state index in [9.17, 15) is 0 Å². The van der Waals surface area contributed by atoms with Crippen molar-refractivity contribution in [1.29, 1.82) is 5.26 Å². The monoisotopic (exact) mass is 350 g/mol. The topological polar surface area (TPSA) is 45.9 Å². The SMILES string of the molecule is CC(C)(C)c1csc(COc2ccc(Br)cc2C#N)n1. The summed E-state index contributed by atoms with van der Waals surface area (Å²) in [5, 5.41) is 12.1. The zero-order valence-electron chi connectivity index (χ0n) is 11.6. The quantitative estimate of drug-likeness (QED) is 0.808. The van der Waals surface area contributed by atoms with Crippen molar-refractivity contribution in [3.05, 3.63) is 44.3 Å². The van der Waals surface area contributed by atoms with E-state index >= 15 is 0 Å². The van der Waals surface area contributed by atoms with Crippen molar-refractivity contribution < 1.29 is 4.74 Å². The molecule has 0 aliphatic heterocycles. The summed E-state index contributed by atoms with van der Waals surface area (Å²) in [7, 11) is 0. The molecular weight excluding hydrogens is 336 g/mol. The molecule has 0 fully saturated rings. The van der Waals surface area contributed by atoms with Crippen molar-refractivity contribution in [3.63, 3.8) is 0 Å². The predicted molar refractivity (Wildman–Crippen MR) is 84.0 cm³/mol. The van der Waals surface area contributed by atoms with E-state index in [1.165, 1.54) is 0 Å². The molecule has 2 rings (SSSR count). The highest BCUT2D eigenvalue weighted by Gasteiger charge is 2.17. The van der Waals surface area contributed by atoms with Crippen LogP contribution in [0.3, 0.4) is 0 Å². The molecule has 0 atom stereocenters. The molecule has 1 aromatic heterocycles. The zero-order chi connectivity index (χ0) is 14.8. The standard InChI is InChI=1S/C15H15BrN2OS/c1-15(2,3)13-9-20-14(18-13)8-19-12-5-4-11(16)6-10(12)7-17/h4-6,9H,8H2,1-3H3. The lowest BCUT2D eigenvalue weighted by Gasteiger charge is -2.14.